The number of carboxylic acid groups (broad SMARTS) is 1. The van der Waals surface area contributed by atoms with Gasteiger partial charge in [-0.25, -0.2) is 13.4 Å². The average Bonchev–Trinajstić information content (AvgIpc) is 2.52. The van der Waals surface area contributed by atoms with E-state index < -0.39 is 27.4 Å². The second kappa shape index (κ2) is 5.85. The number of carboxylic acids is 1. The molecule has 0 spiro atoms. The molecule has 1 aromatic heterocycles. The topological polar surface area (TPSA) is 130 Å². The fourth-order valence-electron chi connectivity index (χ4n) is 3.90. The van der Waals surface area contributed by atoms with Gasteiger partial charge >= 0.3 is 5.97 Å². The molecule has 0 bridgehead atoms. The lowest BCUT2D eigenvalue weighted by Crippen LogP contribution is -2.65. The molecule has 0 radical (unpaired) electrons. The third-order valence-corrected chi connectivity index (χ3v) is 6.26. The number of nitrogen functional groups attached to an aromatic ring is 1. The fraction of sp³-hybridized carbons (Fsp3) is 0.643. The molecule has 0 unspecified atom stereocenters. The zero-order chi connectivity index (χ0) is 17.5. The second-order valence-corrected chi connectivity index (χ2v) is 8.37. The lowest BCUT2D eigenvalue weighted by Gasteiger charge is -2.52. The number of sulfonamides is 1. The van der Waals surface area contributed by atoms with E-state index in [1.165, 1.54) is 10.5 Å². The number of aliphatic carboxylic acids is 1. The Morgan fingerprint density at radius 1 is 1.46 bits per heavy atom. The number of rotatable bonds is 3. The van der Waals surface area contributed by atoms with Gasteiger partial charge in [-0.15, -0.1) is 0 Å². The largest absolute Gasteiger partial charge is 0.481 e. The molecule has 10 heteroatoms. The van der Waals surface area contributed by atoms with Crippen molar-refractivity contribution in [1.82, 2.24) is 14.3 Å². The molecule has 9 nitrogen and oxygen atoms in total. The normalized spacial score (nSPS) is 28.4. The number of aromatic nitrogens is 2. The van der Waals surface area contributed by atoms with Gasteiger partial charge in [0.2, 0.25) is 16.0 Å². The smallest absolute Gasteiger partial charge is 0.313 e. The molecule has 0 amide bonds. The molecule has 24 heavy (non-hydrogen) atoms. The first kappa shape index (κ1) is 16.9. The van der Waals surface area contributed by atoms with Crippen molar-refractivity contribution in [2.45, 2.75) is 25.3 Å². The first-order valence-corrected chi connectivity index (χ1v) is 9.62. The molecule has 132 valence electrons. The van der Waals surface area contributed by atoms with E-state index in [0.717, 1.165) is 6.26 Å². The van der Waals surface area contributed by atoms with Crippen molar-refractivity contribution in [2.24, 2.45) is 5.41 Å². The lowest BCUT2D eigenvalue weighted by molar-refractivity contribution is -0.155. The number of piperidine rings is 2. The van der Waals surface area contributed by atoms with Crippen LogP contribution in [0.2, 0.25) is 0 Å². The zero-order valence-corrected chi connectivity index (χ0v) is 14.2. The van der Waals surface area contributed by atoms with Crippen LogP contribution in [0.4, 0.5) is 11.8 Å². The molecule has 2 aliphatic rings. The molecule has 0 saturated carbocycles. The van der Waals surface area contributed by atoms with Gasteiger partial charge in [-0.05, 0) is 25.3 Å². The van der Waals surface area contributed by atoms with Gasteiger partial charge in [0.05, 0.1) is 6.26 Å². The minimum atomic E-state index is -3.45. The van der Waals surface area contributed by atoms with Crippen molar-refractivity contribution >= 4 is 27.8 Å². The van der Waals surface area contributed by atoms with Crippen molar-refractivity contribution in [3.8, 4) is 0 Å². The van der Waals surface area contributed by atoms with Crippen molar-refractivity contribution < 1.29 is 18.3 Å². The summed E-state index contributed by atoms with van der Waals surface area (Å²) in [4.78, 5) is 22.0. The molecule has 0 aliphatic carbocycles. The van der Waals surface area contributed by atoms with Crippen molar-refractivity contribution in [2.75, 3.05) is 36.5 Å². The molecule has 3 rings (SSSR count). The van der Waals surface area contributed by atoms with Crippen molar-refractivity contribution in [3.63, 3.8) is 0 Å². The van der Waals surface area contributed by atoms with Gasteiger partial charge < -0.3 is 15.7 Å². The summed E-state index contributed by atoms with van der Waals surface area (Å²) in [7, 11) is -3.45. The van der Waals surface area contributed by atoms with Crippen LogP contribution in [0.1, 0.15) is 19.3 Å². The first-order valence-electron chi connectivity index (χ1n) is 7.78. The monoisotopic (exact) mass is 355 g/mol. The molecule has 2 atom stereocenters. The average molecular weight is 355 g/mol. The fourth-order valence-corrected chi connectivity index (χ4v) is 5.13. The molecule has 2 fully saturated rings. The number of fused-ring (bicyclic) bond motifs is 1. The predicted octanol–water partition coefficient (Wildman–Crippen LogP) is -0.236. The highest BCUT2D eigenvalue weighted by Crippen LogP contribution is 2.43. The van der Waals surface area contributed by atoms with E-state index in [1.54, 1.807) is 6.07 Å². The van der Waals surface area contributed by atoms with E-state index >= 15 is 0 Å². The third kappa shape index (κ3) is 2.80. The lowest BCUT2D eigenvalue weighted by atomic mass is 9.70. The highest BCUT2D eigenvalue weighted by molar-refractivity contribution is 7.88. The van der Waals surface area contributed by atoms with Crippen molar-refractivity contribution in [3.05, 3.63) is 12.3 Å². The summed E-state index contributed by atoms with van der Waals surface area (Å²) in [5.41, 5.74) is 4.48. The van der Waals surface area contributed by atoms with Crippen LogP contribution in [0.5, 0.6) is 0 Å². The maximum atomic E-state index is 12.1. The Morgan fingerprint density at radius 3 is 2.83 bits per heavy atom. The summed E-state index contributed by atoms with van der Waals surface area (Å²) >= 11 is 0. The Kier molecular flexibility index (Phi) is 4.12. The summed E-state index contributed by atoms with van der Waals surface area (Å²) in [6.45, 7) is 1.09. The summed E-state index contributed by atoms with van der Waals surface area (Å²) in [6, 6.07) is 1.15. The molecular formula is C14H21N5O4S. The van der Waals surface area contributed by atoms with E-state index in [4.69, 9.17) is 5.73 Å². The van der Waals surface area contributed by atoms with Gasteiger partial charge in [0, 0.05) is 31.9 Å². The number of hydrogen-bond donors (Lipinski definition) is 2. The van der Waals surface area contributed by atoms with E-state index in [1.807, 2.05) is 4.90 Å². The summed E-state index contributed by atoms with van der Waals surface area (Å²) in [5, 5.41) is 9.92. The van der Waals surface area contributed by atoms with Gasteiger partial charge in [0.1, 0.15) is 11.2 Å². The Hall–Kier alpha value is -1.94. The molecular weight excluding hydrogens is 334 g/mol. The highest BCUT2D eigenvalue weighted by atomic mass is 32.2. The second-order valence-electron chi connectivity index (χ2n) is 6.44. The standard InChI is InChI=1S/C14H21N5O4S/c1-24(22,23)19-7-2-5-14(12(20)21)9-18(8-4-10(14)19)11-3-6-16-13(15)17-11/h3,6,10H,2,4-5,7-9H2,1H3,(H,20,21)(H2,15,16,17)/t10-,14+/m1/s1. The molecule has 3 N–H and O–H groups in total. The van der Waals surface area contributed by atoms with Gasteiger partial charge in [-0.3, -0.25) is 4.79 Å². The first-order chi connectivity index (χ1) is 11.2. The van der Waals surface area contributed by atoms with Crippen LogP contribution in [0.3, 0.4) is 0 Å². The molecule has 0 aromatic carbocycles. The highest BCUT2D eigenvalue weighted by Gasteiger charge is 2.55. The van der Waals surface area contributed by atoms with Gasteiger partial charge in [-0.1, -0.05) is 0 Å². The van der Waals surface area contributed by atoms with Gasteiger partial charge in [0.15, 0.2) is 0 Å². The Bertz CT molecular complexity index is 755. The van der Waals surface area contributed by atoms with E-state index in [2.05, 4.69) is 9.97 Å². The van der Waals surface area contributed by atoms with Crippen LogP contribution in [-0.2, 0) is 14.8 Å². The Labute approximate surface area is 140 Å². The maximum Gasteiger partial charge on any atom is 0.313 e. The molecule has 3 heterocycles. The van der Waals surface area contributed by atoms with E-state index in [9.17, 15) is 18.3 Å². The zero-order valence-electron chi connectivity index (χ0n) is 13.4. The number of nitrogens with two attached hydrogens (primary N) is 1. The van der Waals surface area contributed by atoms with Crippen LogP contribution >= 0.6 is 0 Å². The van der Waals surface area contributed by atoms with Gasteiger partial charge in [-0.2, -0.15) is 9.29 Å². The minimum absolute atomic E-state index is 0.125. The summed E-state index contributed by atoms with van der Waals surface area (Å²) < 4.78 is 25.5. The SMILES string of the molecule is CS(=O)(=O)N1CCC[C@]2(C(=O)O)CN(c3ccnc(N)n3)CC[C@@H]12. The van der Waals surface area contributed by atoms with Crippen LogP contribution in [0.25, 0.3) is 0 Å². The van der Waals surface area contributed by atoms with Gasteiger partial charge in [0.25, 0.3) is 0 Å². The number of hydrogen-bond acceptors (Lipinski definition) is 7. The minimum Gasteiger partial charge on any atom is -0.481 e. The number of carbonyl (C=O) groups is 1. The predicted molar refractivity (Wildman–Crippen MR) is 87.9 cm³/mol. The van der Waals surface area contributed by atoms with Crippen LogP contribution in [-0.4, -0.2) is 65.7 Å². The van der Waals surface area contributed by atoms with E-state index in [0.29, 0.717) is 38.2 Å². The molecule has 2 aliphatic heterocycles. The van der Waals surface area contributed by atoms with Crippen LogP contribution in [0.15, 0.2) is 12.3 Å². The quantitative estimate of drug-likeness (QED) is 0.760. The van der Waals surface area contributed by atoms with E-state index in [-0.39, 0.29) is 12.5 Å². The Morgan fingerprint density at radius 2 is 2.21 bits per heavy atom. The molecule has 1 aromatic rings. The Balaban J connectivity index is 1.96. The van der Waals surface area contributed by atoms with Crippen LogP contribution < -0.4 is 10.6 Å². The number of nitrogens with zero attached hydrogens (tertiary/aromatic N) is 4. The third-order valence-electron chi connectivity index (χ3n) is 4.97. The summed E-state index contributed by atoms with van der Waals surface area (Å²) in [5.74, 6) is -0.272. The van der Waals surface area contributed by atoms with Crippen LogP contribution in [0, 0.1) is 5.41 Å². The van der Waals surface area contributed by atoms with Crippen molar-refractivity contribution in [1.29, 1.82) is 0 Å². The molecule has 2 saturated heterocycles. The summed E-state index contributed by atoms with van der Waals surface area (Å²) in [6.07, 6.45) is 4.07. The maximum absolute atomic E-state index is 12.1. The number of anilines is 2.